The number of carbonyl (C=O) groups is 2. The van der Waals surface area contributed by atoms with E-state index >= 15 is 0 Å². The normalized spacial score (nSPS) is 13.4. The highest BCUT2D eigenvalue weighted by Gasteiger charge is 2.21. The molecule has 0 aromatic heterocycles. The number of methoxy groups -OCH3 is 1. The van der Waals surface area contributed by atoms with Crippen LogP contribution < -0.4 is 19.7 Å². The van der Waals surface area contributed by atoms with Gasteiger partial charge in [-0.2, -0.15) is 0 Å². The number of amides is 2. The molecule has 0 spiro atoms. The van der Waals surface area contributed by atoms with Crippen LogP contribution in [-0.4, -0.2) is 63.2 Å². The highest BCUT2D eigenvalue weighted by atomic mass is 35.5. The summed E-state index contributed by atoms with van der Waals surface area (Å²) >= 11 is 5.94. The van der Waals surface area contributed by atoms with Crippen LogP contribution in [-0.2, 0) is 16.0 Å². The third-order valence-electron chi connectivity index (χ3n) is 5.23. The first-order valence-electron chi connectivity index (χ1n) is 10.5. The zero-order valence-electron chi connectivity index (χ0n) is 18.2. The summed E-state index contributed by atoms with van der Waals surface area (Å²) in [7, 11) is 1.55. The second-order valence-corrected chi connectivity index (χ2v) is 7.82. The lowest BCUT2D eigenvalue weighted by molar-refractivity contribution is -0.133. The Hall–Kier alpha value is -3.19. The van der Waals surface area contributed by atoms with Gasteiger partial charge in [0.15, 0.2) is 18.1 Å². The number of halogens is 1. The van der Waals surface area contributed by atoms with Crippen molar-refractivity contribution in [3.63, 3.8) is 0 Å². The van der Waals surface area contributed by atoms with Crippen LogP contribution in [0.2, 0.25) is 5.02 Å². The Bertz CT molecular complexity index is 941. The van der Waals surface area contributed by atoms with Gasteiger partial charge in [-0.05, 0) is 48.4 Å². The lowest BCUT2D eigenvalue weighted by Gasteiger charge is -2.36. The zero-order chi connectivity index (χ0) is 22.9. The van der Waals surface area contributed by atoms with Crippen molar-refractivity contribution in [1.29, 1.82) is 0 Å². The van der Waals surface area contributed by atoms with E-state index in [0.717, 1.165) is 24.3 Å². The molecule has 0 radical (unpaired) electrons. The number of allylic oxidation sites excluding steroid dienone is 1. The molecule has 0 bridgehead atoms. The maximum Gasteiger partial charge on any atom is 0.258 e. The molecule has 0 atom stereocenters. The van der Waals surface area contributed by atoms with Crippen LogP contribution in [0.15, 0.2) is 55.1 Å². The minimum atomic E-state index is -0.365. The molecule has 1 aliphatic rings. The molecular formula is C24H28ClN3O4. The van der Waals surface area contributed by atoms with Crippen LogP contribution >= 0.6 is 11.6 Å². The number of ether oxygens (including phenoxy) is 2. The minimum Gasteiger partial charge on any atom is -0.493 e. The number of piperazine rings is 1. The predicted molar refractivity (Wildman–Crippen MR) is 126 cm³/mol. The predicted octanol–water partition coefficient (Wildman–Crippen LogP) is 2.92. The zero-order valence-corrected chi connectivity index (χ0v) is 18.9. The monoisotopic (exact) mass is 457 g/mol. The summed E-state index contributed by atoms with van der Waals surface area (Å²) in [4.78, 5) is 28.6. The quantitative estimate of drug-likeness (QED) is 0.586. The average molecular weight is 458 g/mol. The molecule has 1 N–H and O–H groups in total. The van der Waals surface area contributed by atoms with Crippen molar-refractivity contribution in [2.24, 2.45) is 0 Å². The molecule has 1 saturated heterocycles. The molecule has 8 heteroatoms. The second kappa shape index (κ2) is 11.4. The fourth-order valence-corrected chi connectivity index (χ4v) is 3.60. The first-order valence-corrected chi connectivity index (χ1v) is 10.8. The van der Waals surface area contributed by atoms with E-state index in [2.05, 4.69) is 16.8 Å². The van der Waals surface area contributed by atoms with Gasteiger partial charge in [-0.15, -0.1) is 6.58 Å². The van der Waals surface area contributed by atoms with E-state index in [1.54, 1.807) is 24.2 Å². The molecule has 1 fully saturated rings. The topological polar surface area (TPSA) is 71.1 Å². The molecule has 3 rings (SSSR count). The van der Waals surface area contributed by atoms with Crippen molar-refractivity contribution < 1.29 is 19.1 Å². The van der Waals surface area contributed by atoms with Crippen molar-refractivity contribution in [3.05, 3.63) is 65.7 Å². The molecule has 170 valence electrons. The largest absolute Gasteiger partial charge is 0.493 e. The van der Waals surface area contributed by atoms with Gasteiger partial charge < -0.3 is 24.6 Å². The molecular weight excluding hydrogens is 430 g/mol. The fraction of sp³-hybridized carbons (Fsp3) is 0.333. The van der Waals surface area contributed by atoms with Gasteiger partial charge in [0, 0.05) is 36.9 Å². The number of nitrogens with zero attached hydrogens (tertiary/aromatic N) is 2. The molecule has 7 nitrogen and oxygen atoms in total. The molecule has 2 aromatic rings. The number of anilines is 1. The maximum absolute atomic E-state index is 12.5. The second-order valence-electron chi connectivity index (χ2n) is 7.39. The Morgan fingerprint density at radius 1 is 1.09 bits per heavy atom. The SMILES string of the molecule is C=CCc1ccc(OCC(=O)NCC(=O)N2CCN(c3ccc(Cl)cc3)CC2)c(OC)c1. The summed E-state index contributed by atoms with van der Waals surface area (Å²) in [6, 6.07) is 13.2. The van der Waals surface area contributed by atoms with Gasteiger partial charge in [-0.25, -0.2) is 0 Å². The van der Waals surface area contributed by atoms with E-state index in [0.29, 0.717) is 36.0 Å². The van der Waals surface area contributed by atoms with E-state index in [-0.39, 0.29) is 25.0 Å². The van der Waals surface area contributed by atoms with Crippen LogP contribution in [0, 0.1) is 0 Å². The van der Waals surface area contributed by atoms with Gasteiger partial charge in [0.25, 0.3) is 5.91 Å². The van der Waals surface area contributed by atoms with Crippen molar-refractivity contribution in [2.45, 2.75) is 6.42 Å². The van der Waals surface area contributed by atoms with Crippen LogP contribution in [0.4, 0.5) is 5.69 Å². The molecule has 1 aliphatic heterocycles. The lowest BCUT2D eigenvalue weighted by Crippen LogP contribution is -2.51. The Kier molecular flexibility index (Phi) is 8.39. The highest BCUT2D eigenvalue weighted by Crippen LogP contribution is 2.28. The van der Waals surface area contributed by atoms with Gasteiger partial charge in [0.2, 0.25) is 5.91 Å². The third-order valence-corrected chi connectivity index (χ3v) is 5.48. The Balaban J connectivity index is 1.41. The molecule has 32 heavy (non-hydrogen) atoms. The summed E-state index contributed by atoms with van der Waals surface area (Å²) in [6.07, 6.45) is 2.52. The van der Waals surface area contributed by atoms with Crippen molar-refractivity contribution >= 4 is 29.1 Å². The van der Waals surface area contributed by atoms with Gasteiger partial charge in [-0.1, -0.05) is 23.7 Å². The molecule has 1 heterocycles. The van der Waals surface area contributed by atoms with Crippen LogP contribution in [0.5, 0.6) is 11.5 Å². The van der Waals surface area contributed by atoms with E-state index in [4.69, 9.17) is 21.1 Å². The standard InChI is InChI=1S/C24H28ClN3O4/c1-3-4-18-5-10-21(22(15-18)31-2)32-17-23(29)26-16-24(30)28-13-11-27(12-14-28)20-8-6-19(25)7-9-20/h3,5-10,15H,1,4,11-14,16-17H2,2H3,(H,26,29). The number of rotatable bonds is 9. The van der Waals surface area contributed by atoms with Gasteiger partial charge in [-0.3, -0.25) is 9.59 Å². The number of nitrogens with one attached hydrogen (secondary N) is 1. The minimum absolute atomic E-state index is 0.0570. The first kappa shape index (κ1) is 23.5. The van der Waals surface area contributed by atoms with Gasteiger partial charge in [0.05, 0.1) is 13.7 Å². The first-order chi connectivity index (χ1) is 15.5. The lowest BCUT2D eigenvalue weighted by atomic mass is 10.1. The molecule has 2 aromatic carbocycles. The molecule has 2 amide bonds. The Morgan fingerprint density at radius 3 is 2.47 bits per heavy atom. The fourth-order valence-electron chi connectivity index (χ4n) is 3.47. The van der Waals surface area contributed by atoms with Crippen LogP contribution in [0.3, 0.4) is 0 Å². The maximum atomic E-state index is 12.5. The Morgan fingerprint density at radius 2 is 1.81 bits per heavy atom. The third kappa shape index (κ3) is 6.40. The number of hydrogen-bond donors (Lipinski definition) is 1. The molecule has 0 aliphatic carbocycles. The van der Waals surface area contributed by atoms with E-state index in [1.165, 1.54) is 0 Å². The van der Waals surface area contributed by atoms with E-state index in [1.807, 2.05) is 36.4 Å². The summed E-state index contributed by atoms with van der Waals surface area (Å²) < 4.78 is 10.9. The van der Waals surface area contributed by atoms with Crippen LogP contribution in [0.1, 0.15) is 5.56 Å². The van der Waals surface area contributed by atoms with E-state index < -0.39 is 0 Å². The summed E-state index contributed by atoms with van der Waals surface area (Å²) in [5, 5.41) is 3.33. The van der Waals surface area contributed by atoms with Crippen molar-refractivity contribution in [3.8, 4) is 11.5 Å². The average Bonchev–Trinajstić information content (AvgIpc) is 2.82. The van der Waals surface area contributed by atoms with Gasteiger partial charge in [0.1, 0.15) is 0 Å². The van der Waals surface area contributed by atoms with Gasteiger partial charge >= 0.3 is 0 Å². The Labute approximate surface area is 193 Å². The molecule has 0 saturated carbocycles. The van der Waals surface area contributed by atoms with E-state index in [9.17, 15) is 9.59 Å². The number of carbonyl (C=O) groups excluding carboxylic acids is 2. The summed E-state index contributed by atoms with van der Waals surface area (Å²) in [6.45, 7) is 6.12. The summed E-state index contributed by atoms with van der Waals surface area (Å²) in [5.74, 6) is 0.544. The summed E-state index contributed by atoms with van der Waals surface area (Å²) in [5.41, 5.74) is 2.12. The van der Waals surface area contributed by atoms with Crippen molar-refractivity contribution in [1.82, 2.24) is 10.2 Å². The molecule has 0 unspecified atom stereocenters. The van der Waals surface area contributed by atoms with Crippen molar-refractivity contribution in [2.75, 3.05) is 51.3 Å². The smallest absolute Gasteiger partial charge is 0.258 e. The highest BCUT2D eigenvalue weighted by molar-refractivity contribution is 6.30. The van der Waals surface area contributed by atoms with Crippen LogP contribution in [0.25, 0.3) is 0 Å². The number of hydrogen-bond acceptors (Lipinski definition) is 5. The number of benzene rings is 2.